The van der Waals surface area contributed by atoms with Gasteiger partial charge in [0.25, 0.3) is 10.0 Å². The third kappa shape index (κ3) is 5.98. The highest BCUT2D eigenvalue weighted by atomic mass is 79.9. The van der Waals surface area contributed by atoms with E-state index in [0.29, 0.717) is 10.2 Å². The second-order valence-electron chi connectivity index (χ2n) is 6.27. The number of urea groups is 1. The number of sulfonamides is 1. The first-order chi connectivity index (χ1) is 14.5. The number of carbonyl (C=O) groups is 1. The summed E-state index contributed by atoms with van der Waals surface area (Å²) in [4.78, 5) is 12.1. The summed E-state index contributed by atoms with van der Waals surface area (Å²) in [7, 11) is -3.94. The minimum atomic E-state index is -4.55. The highest BCUT2D eigenvalue weighted by Crippen LogP contribution is 2.31. The number of rotatable bonds is 5. The first-order valence-corrected chi connectivity index (χ1v) is 10.9. The Morgan fingerprint density at radius 3 is 2.19 bits per heavy atom. The zero-order valence-corrected chi connectivity index (χ0v) is 18.0. The topological polar surface area (TPSA) is 87.3 Å². The predicted molar refractivity (Wildman–Crippen MR) is 115 cm³/mol. The van der Waals surface area contributed by atoms with Gasteiger partial charge < -0.3 is 10.6 Å². The van der Waals surface area contributed by atoms with Crippen molar-refractivity contribution in [1.82, 2.24) is 0 Å². The van der Waals surface area contributed by atoms with E-state index in [2.05, 4.69) is 31.3 Å². The minimum absolute atomic E-state index is 0.0713. The zero-order valence-electron chi connectivity index (χ0n) is 15.6. The molecule has 0 aliphatic heterocycles. The van der Waals surface area contributed by atoms with Crippen LogP contribution in [-0.2, 0) is 16.2 Å². The quantitative estimate of drug-likeness (QED) is 0.396. The predicted octanol–water partition coefficient (Wildman–Crippen LogP) is 5.91. The fourth-order valence-electron chi connectivity index (χ4n) is 2.55. The van der Waals surface area contributed by atoms with Gasteiger partial charge in [0.1, 0.15) is 0 Å². The molecule has 162 valence electrons. The Labute approximate surface area is 184 Å². The lowest BCUT2D eigenvalue weighted by Crippen LogP contribution is -2.20. The molecule has 0 saturated carbocycles. The monoisotopic (exact) mass is 513 g/mol. The van der Waals surface area contributed by atoms with E-state index in [0.717, 1.165) is 18.2 Å². The van der Waals surface area contributed by atoms with Crippen LogP contribution in [0, 0.1) is 0 Å². The van der Waals surface area contributed by atoms with E-state index in [4.69, 9.17) is 0 Å². The maximum Gasteiger partial charge on any atom is 0.416 e. The molecular weight excluding hydrogens is 499 g/mol. The molecule has 0 aliphatic carbocycles. The maximum absolute atomic E-state index is 12.8. The summed E-state index contributed by atoms with van der Waals surface area (Å²) in [5.74, 6) is 0. The van der Waals surface area contributed by atoms with Crippen molar-refractivity contribution in [1.29, 1.82) is 0 Å². The van der Waals surface area contributed by atoms with E-state index in [1.807, 2.05) is 0 Å². The molecule has 0 atom stereocenters. The molecule has 0 spiro atoms. The molecule has 31 heavy (non-hydrogen) atoms. The molecule has 0 bridgehead atoms. The lowest BCUT2D eigenvalue weighted by Gasteiger charge is -2.13. The van der Waals surface area contributed by atoms with Crippen molar-refractivity contribution in [2.45, 2.75) is 11.1 Å². The molecule has 0 fully saturated rings. The lowest BCUT2D eigenvalue weighted by atomic mass is 10.2. The van der Waals surface area contributed by atoms with Gasteiger partial charge in [-0.15, -0.1) is 0 Å². The number of hydrogen-bond acceptors (Lipinski definition) is 3. The van der Waals surface area contributed by atoms with Crippen LogP contribution in [0.15, 0.2) is 82.2 Å². The first kappa shape index (κ1) is 22.6. The number of alkyl halides is 3. The van der Waals surface area contributed by atoms with Crippen LogP contribution in [-0.4, -0.2) is 14.4 Å². The summed E-state index contributed by atoms with van der Waals surface area (Å²) >= 11 is 3.21. The Morgan fingerprint density at radius 2 is 1.52 bits per heavy atom. The second kappa shape index (κ2) is 8.98. The van der Waals surface area contributed by atoms with Gasteiger partial charge in [-0.3, -0.25) is 4.72 Å². The molecule has 3 rings (SSSR count). The van der Waals surface area contributed by atoms with E-state index in [9.17, 15) is 26.4 Å². The second-order valence-corrected chi connectivity index (χ2v) is 8.81. The van der Waals surface area contributed by atoms with Gasteiger partial charge in [0.15, 0.2) is 0 Å². The number of carbonyl (C=O) groups excluding carboxylic acids is 1. The van der Waals surface area contributed by atoms with Crippen LogP contribution in [0.5, 0.6) is 0 Å². The number of amides is 2. The Bertz CT molecular complexity index is 1200. The molecule has 0 heterocycles. The van der Waals surface area contributed by atoms with E-state index in [1.165, 1.54) is 24.3 Å². The Kier molecular flexibility index (Phi) is 6.56. The van der Waals surface area contributed by atoms with Crippen LogP contribution in [0.4, 0.5) is 35.0 Å². The van der Waals surface area contributed by atoms with Crippen LogP contribution < -0.4 is 15.4 Å². The van der Waals surface area contributed by atoms with E-state index >= 15 is 0 Å². The molecule has 3 aromatic carbocycles. The number of para-hydroxylation sites is 1. The molecule has 0 radical (unpaired) electrons. The van der Waals surface area contributed by atoms with E-state index < -0.39 is 27.8 Å². The molecule has 0 unspecified atom stereocenters. The molecule has 0 aromatic heterocycles. The third-order valence-corrected chi connectivity index (χ3v) is 6.04. The average molecular weight is 514 g/mol. The van der Waals surface area contributed by atoms with Crippen LogP contribution in [0.2, 0.25) is 0 Å². The summed E-state index contributed by atoms with van der Waals surface area (Å²) in [6.07, 6.45) is -4.55. The van der Waals surface area contributed by atoms with Crippen molar-refractivity contribution >= 4 is 49.0 Å². The van der Waals surface area contributed by atoms with Crippen molar-refractivity contribution in [3.63, 3.8) is 0 Å². The highest BCUT2D eigenvalue weighted by Gasteiger charge is 2.30. The summed E-state index contributed by atoms with van der Waals surface area (Å²) in [5.41, 5.74) is -0.507. The van der Waals surface area contributed by atoms with Gasteiger partial charge in [-0.05, 0) is 64.5 Å². The van der Waals surface area contributed by atoms with Crippen LogP contribution in [0.25, 0.3) is 0 Å². The van der Waals surface area contributed by atoms with Gasteiger partial charge in [0, 0.05) is 15.8 Å². The number of halogens is 4. The van der Waals surface area contributed by atoms with Gasteiger partial charge in [0.05, 0.1) is 16.1 Å². The van der Waals surface area contributed by atoms with Gasteiger partial charge in [-0.1, -0.05) is 24.3 Å². The molecule has 0 aliphatic rings. The van der Waals surface area contributed by atoms with Crippen molar-refractivity contribution < 1.29 is 26.4 Å². The van der Waals surface area contributed by atoms with Gasteiger partial charge in [0.2, 0.25) is 0 Å². The van der Waals surface area contributed by atoms with Crippen LogP contribution in [0.1, 0.15) is 5.56 Å². The third-order valence-electron chi connectivity index (χ3n) is 3.97. The SMILES string of the molecule is O=C(Nc1cccc(C(F)(F)F)c1)Nc1cc(S(=O)(=O)Nc2ccccc2)ccc1Br. The van der Waals surface area contributed by atoms with E-state index in [-0.39, 0.29) is 16.3 Å². The summed E-state index contributed by atoms with van der Waals surface area (Å²) in [6, 6.07) is 15.5. The number of hydrogen-bond donors (Lipinski definition) is 3. The minimum Gasteiger partial charge on any atom is -0.308 e. The van der Waals surface area contributed by atoms with Crippen molar-refractivity contribution in [3.05, 3.63) is 82.8 Å². The number of benzene rings is 3. The smallest absolute Gasteiger partial charge is 0.308 e. The first-order valence-electron chi connectivity index (χ1n) is 8.67. The Morgan fingerprint density at radius 1 is 0.839 bits per heavy atom. The molecule has 3 aromatic rings. The van der Waals surface area contributed by atoms with Gasteiger partial charge in [-0.25, -0.2) is 13.2 Å². The Hall–Kier alpha value is -3.05. The summed E-state index contributed by atoms with van der Waals surface area (Å²) in [6.45, 7) is 0. The van der Waals surface area contributed by atoms with Gasteiger partial charge >= 0.3 is 12.2 Å². The molecule has 2 amide bonds. The fourth-order valence-corrected chi connectivity index (χ4v) is 3.98. The Balaban J connectivity index is 1.77. The maximum atomic E-state index is 12.8. The molecule has 11 heteroatoms. The largest absolute Gasteiger partial charge is 0.416 e. The number of anilines is 3. The van der Waals surface area contributed by atoms with Crippen molar-refractivity contribution in [2.24, 2.45) is 0 Å². The fraction of sp³-hybridized carbons (Fsp3) is 0.0500. The van der Waals surface area contributed by atoms with Crippen LogP contribution >= 0.6 is 15.9 Å². The highest BCUT2D eigenvalue weighted by molar-refractivity contribution is 9.10. The summed E-state index contributed by atoms with van der Waals surface area (Å²) in [5, 5.41) is 4.72. The molecular formula is C20H15BrF3N3O3S. The number of nitrogens with one attached hydrogen (secondary N) is 3. The van der Waals surface area contributed by atoms with E-state index in [1.54, 1.807) is 30.3 Å². The zero-order chi connectivity index (χ0) is 22.6. The summed E-state index contributed by atoms with van der Waals surface area (Å²) < 4.78 is 66.5. The molecule has 6 nitrogen and oxygen atoms in total. The molecule has 3 N–H and O–H groups in total. The average Bonchev–Trinajstić information content (AvgIpc) is 2.69. The van der Waals surface area contributed by atoms with Crippen LogP contribution in [0.3, 0.4) is 0 Å². The van der Waals surface area contributed by atoms with Gasteiger partial charge in [-0.2, -0.15) is 13.2 Å². The normalized spacial score (nSPS) is 11.6. The standard InChI is InChI=1S/C20H15BrF3N3O3S/c21-17-10-9-16(31(29,30)27-14-6-2-1-3-7-14)12-18(17)26-19(28)25-15-8-4-5-13(11-15)20(22,23)24/h1-12,27H,(H2,25,26,28). The lowest BCUT2D eigenvalue weighted by molar-refractivity contribution is -0.137. The van der Waals surface area contributed by atoms with Crippen molar-refractivity contribution in [2.75, 3.05) is 15.4 Å². The van der Waals surface area contributed by atoms with Crippen molar-refractivity contribution in [3.8, 4) is 0 Å². The molecule has 0 saturated heterocycles.